The lowest BCUT2D eigenvalue weighted by atomic mass is 9.65. The normalized spacial score (nSPS) is 11.6. The highest BCUT2D eigenvalue weighted by atomic mass is 16.5. The fraction of sp³-hybridized carbons (Fsp3) is 0.0638. The van der Waals surface area contributed by atoms with E-state index < -0.39 is 5.41 Å². The first-order valence-electron chi connectivity index (χ1n) is 17.6. The molecule has 256 valence electrons. The molecule has 0 aliphatic heterocycles. The van der Waals surface area contributed by atoms with Crippen LogP contribution in [0.1, 0.15) is 22.3 Å². The van der Waals surface area contributed by atoms with Gasteiger partial charge in [0, 0.05) is 27.6 Å². The summed E-state index contributed by atoms with van der Waals surface area (Å²) in [5.74, 6) is 2.60. The van der Waals surface area contributed by atoms with Crippen LogP contribution in [0.3, 0.4) is 0 Å². The Balaban J connectivity index is 1.20. The van der Waals surface area contributed by atoms with Crippen LogP contribution in [0.5, 0.6) is 11.5 Å². The highest BCUT2D eigenvalue weighted by Gasteiger charge is 2.38. The van der Waals surface area contributed by atoms with Crippen LogP contribution in [0, 0.1) is 0 Å². The lowest BCUT2D eigenvalue weighted by molar-refractivity contribution is 0.415. The van der Waals surface area contributed by atoms with Crippen molar-refractivity contribution in [3.05, 3.63) is 198 Å². The number of benzene rings is 7. The number of ether oxygens (including phenoxy) is 2. The quantitative estimate of drug-likeness (QED) is 0.141. The summed E-state index contributed by atoms with van der Waals surface area (Å²) in [5, 5.41) is 10.9. The Kier molecular flexibility index (Phi) is 8.05. The number of methoxy groups -OCH3 is 2. The molecule has 0 fully saturated rings. The van der Waals surface area contributed by atoms with Gasteiger partial charge in [0.1, 0.15) is 11.5 Å². The minimum atomic E-state index is -0.634. The van der Waals surface area contributed by atoms with Gasteiger partial charge in [0.2, 0.25) is 11.8 Å². The standard InChI is InChI=1S/C47H35N3O3/c1-51-39-26-28-43-41(30-39)42-31-40(52-2)27-29-44(42)50(43)38-24-22-37(23-25-38)47(34-14-8-4-9-15-34,35-16-10-5-11-17-35)36-20-18-33(19-21-36)46-49-48-45(53-46)32-12-6-3-7-13-32/h3-31H,1-2H3. The van der Waals surface area contributed by atoms with Crippen molar-refractivity contribution >= 4 is 21.8 Å². The fourth-order valence-electron chi connectivity index (χ4n) is 7.65. The van der Waals surface area contributed by atoms with Gasteiger partial charge in [-0.15, -0.1) is 10.2 Å². The zero-order valence-corrected chi connectivity index (χ0v) is 29.3. The maximum absolute atomic E-state index is 6.13. The molecule has 6 nitrogen and oxygen atoms in total. The Bertz CT molecular complexity index is 2570. The second-order valence-electron chi connectivity index (χ2n) is 13.0. The molecule has 0 atom stereocenters. The van der Waals surface area contributed by atoms with Crippen LogP contribution in [0.4, 0.5) is 0 Å². The molecule has 2 heterocycles. The summed E-state index contributed by atoms with van der Waals surface area (Å²) in [6.07, 6.45) is 0. The zero-order valence-electron chi connectivity index (χ0n) is 29.3. The van der Waals surface area contributed by atoms with Gasteiger partial charge < -0.3 is 18.5 Å². The van der Waals surface area contributed by atoms with E-state index in [0.717, 1.165) is 72.4 Å². The molecule has 0 N–H and O–H groups in total. The number of fused-ring (bicyclic) bond motifs is 3. The first kappa shape index (κ1) is 32.0. The average Bonchev–Trinajstić information content (AvgIpc) is 3.86. The van der Waals surface area contributed by atoms with E-state index in [-0.39, 0.29) is 0 Å². The largest absolute Gasteiger partial charge is 0.497 e. The SMILES string of the molecule is COc1ccc2c(c1)c1cc(OC)ccc1n2-c1ccc(C(c2ccccc2)(c2ccccc2)c2ccc(-c3nnc(-c4ccccc4)o3)cc2)cc1. The second kappa shape index (κ2) is 13.3. The van der Waals surface area contributed by atoms with Gasteiger partial charge in [-0.3, -0.25) is 0 Å². The Morgan fingerprint density at radius 1 is 0.453 bits per heavy atom. The van der Waals surface area contributed by atoms with Crippen LogP contribution in [0.2, 0.25) is 0 Å². The summed E-state index contributed by atoms with van der Waals surface area (Å²) < 4.78 is 19.7. The topological polar surface area (TPSA) is 62.3 Å². The molecular weight excluding hydrogens is 655 g/mol. The van der Waals surface area contributed by atoms with Gasteiger partial charge in [-0.25, -0.2) is 0 Å². The van der Waals surface area contributed by atoms with Crippen molar-refractivity contribution in [3.63, 3.8) is 0 Å². The van der Waals surface area contributed by atoms with Crippen LogP contribution in [0.25, 0.3) is 50.4 Å². The van der Waals surface area contributed by atoms with Gasteiger partial charge in [-0.05, 0) is 95.1 Å². The van der Waals surface area contributed by atoms with Crippen molar-refractivity contribution in [1.29, 1.82) is 0 Å². The minimum Gasteiger partial charge on any atom is -0.497 e. The van der Waals surface area contributed by atoms with Crippen molar-refractivity contribution in [2.75, 3.05) is 14.2 Å². The van der Waals surface area contributed by atoms with E-state index >= 15 is 0 Å². The van der Waals surface area contributed by atoms with E-state index in [1.165, 1.54) is 0 Å². The fourth-order valence-corrected chi connectivity index (χ4v) is 7.65. The number of hydrogen-bond donors (Lipinski definition) is 0. The Morgan fingerprint density at radius 3 is 1.34 bits per heavy atom. The monoisotopic (exact) mass is 689 g/mol. The summed E-state index contributed by atoms with van der Waals surface area (Å²) in [6, 6.07) is 61.2. The van der Waals surface area contributed by atoms with Crippen LogP contribution in [0.15, 0.2) is 180 Å². The summed E-state index contributed by atoms with van der Waals surface area (Å²) in [6.45, 7) is 0. The number of rotatable bonds is 9. The molecule has 53 heavy (non-hydrogen) atoms. The lowest BCUT2D eigenvalue weighted by Gasteiger charge is -2.37. The van der Waals surface area contributed by atoms with Crippen molar-refractivity contribution in [3.8, 4) is 40.1 Å². The van der Waals surface area contributed by atoms with Gasteiger partial charge in [0.25, 0.3) is 0 Å². The third-order valence-corrected chi connectivity index (χ3v) is 10.2. The van der Waals surface area contributed by atoms with Crippen LogP contribution in [-0.2, 0) is 5.41 Å². The van der Waals surface area contributed by atoms with E-state index in [4.69, 9.17) is 13.9 Å². The van der Waals surface area contributed by atoms with Crippen LogP contribution in [-0.4, -0.2) is 29.0 Å². The van der Waals surface area contributed by atoms with E-state index in [2.05, 4.69) is 148 Å². The van der Waals surface area contributed by atoms with Gasteiger partial charge in [-0.2, -0.15) is 0 Å². The highest BCUT2D eigenvalue weighted by Crippen LogP contribution is 2.46. The maximum atomic E-state index is 6.13. The van der Waals surface area contributed by atoms with Gasteiger partial charge in [-0.1, -0.05) is 103 Å². The third kappa shape index (κ3) is 5.43. The van der Waals surface area contributed by atoms with E-state index in [0.29, 0.717) is 11.8 Å². The van der Waals surface area contributed by atoms with Crippen molar-refractivity contribution < 1.29 is 13.9 Å². The first-order valence-corrected chi connectivity index (χ1v) is 17.6. The zero-order chi connectivity index (χ0) is 35.8. The molecule has 6 heteroatoms. The van der Waals surface area contributed by atoms with E-state index in [1.807, 2.05) is 42.5 Å². The molecule has 0 spiro atoms. The summed E-state index contributed by atoms with van der Waals surface area (Å²) >= 11 is 0. The van der Waals surface area contributed by atoms with Crippen molar-refractivity contribution in [2.24, 2.45) is 0 Å². The van der Waals surface area contributed by atoms with Gasteiger partial charge >= 0.3 is 0 Å². The Morgan fingerprint density at radius 2 is 0.868 bits per heavy atom. The predicted molar refractivity (Wildman–Crippen MR) is 211 cm³/mol. The summed E-state index contributed by atoms with van der Waals surface area (Å²) in [7, 11) is 3.40. The minimum absolute atomic E-state index is 0.478. The van der Waals surface area contributed by atoms with Crippen molar-refractivity contribution in [1.82, 2.24) is 14.8 Å². The maximum Gasteiger partial charge on any atom is 0.248 e. The Hall–Kier alpha value is -6.92. The molecule has 0 radical (unpaired) electrons. The molecule has 0 unspecified atom stereocenters. The number of aromatic nitrogens is 3. The van der Waals surface area contributed by atoms with Gasteiger partial charge in [0.05, 0.1) is 30.7 Å². The third-order valence-electron chi connectivity index (χ3n) is 10.2. The molecule has 0 aliphatic rings. The predicted octanol–water partition coefficient (Wildman–Crippen LogP) is 10.9. The molecular formula is C47H35N3O3. The van der Waals surface area contributed by atoms with Crippen LogP contribution < -0.4 is 9.47 Å². The van der Waals surface area contributed by atoms with E-state index in [9.17, 15) is 0 Å². The second-order valence-corrected chi connectivity index (χ2v) is 13.0. The van der Waals surface area contributed by atoms with E-state index in [1.54, 1.807) is 14.2 Å². The van der Waals surface area contributed by atoms with Crippen molar-refractivity contribution in [2.45, 2.75) is 5.41 Å². The molecule has 2 aromatic heterocycles. The molecule has 9 aromatic rings. The molecule has 9 rings (SSSR count). The first-order chi connectivity index (χ1) is 26.2. The summed E-state index contributed by atoms with van der Waals surface area (Å²) in [5.41, 5.74) is 8.92. The lowest BCUT2D eigenvalue weighted by Crippen LogP contribution is -2.31. The molecule has 0 amide bonds. The van der Waals surface area contributed by atoms with Crippen LogP contribution >= 0.6 is 0 Å². The molecule has 0 aliphatic carbocycles. The van der Waals surface area contributed by atoms with Gasteiger partial charge in [0.15, 0.2) is 0 Å². The molecule has 7 aromatic carbocycles. The molecule has 0 saturated heterocycles. The molecule has 0 bridgehead atoms. The number of hydrogen-bond acceptors (Lipinski definition) is 5. The smallest absolute Gasteiger partial charge is 0.248 e. The number of nitrogens with zero attached hydrogens (tertiary/aromatic N) is 3. The summed E-state index contributed by atoms with van der Waals surface area (Å²) in [4.78, 5) is 0. The highest BCUT2D eigenvalue weighted by molar-refractivity contribution is 6.10. The Labute approximate surface area is 307 Å². The average molecular weight is 690 g/mol. The molecule has 0 saturated carbocycles.